The molecule has 0 saturated carbocycles. The number of halogens is 4. The van der Waals surface area contributed by atoms with Crippen LogP contribution in [0.3, 0.4) is 0 Å². The number of unbranched alkanes of at least 4 members (excludes halogenated alkanes) is 1. The van der Waals surface area contributed by atoms with Gasteiger partial charge in [0.05, 0.1) is 5.56 Å². The largest absolute Gasteiger partial charge is 0.416 e. The number of hydrogen-bond donors (Lipinski definition) is 1. The standard InChI is InChI=1S/C16H22BrF3N2/c1-2-3-4-15(22-9-7-21-8-10-22)13-11-12(16(18,19)20)5-6-14(13)17/h5-6,11,15,21H,2-4,7-10H2,1H3/t15-/m1/s1. The molecule has 1 aliphatic heterocycles. The first-order valence-electron chi connectivity index (χ1n) is 7.75. The molecule has 22 heavy (non-hydrogen) atoms. The molecule has 0 unspecified atom stereocenters. The minimum atomic E-state index is -4.30. The molecule has 0 aromatic heterocycles. The first kappa shape index (κ1) is 17.8. The highest BCUT2D eigenvalue weighted by molar-refractivity contribution is 9.10. The van der Waals surface area contributed by atoms with Crippen LogP contribution in [0.15, 0.2) is 22.7 Å². The topological polar surface area (TPSA) is 15.3 Å². The van der Waals surface area contributed by atoms with Gasteiger partial charge in [-0.3, -0.25) is 4.90 Å². The zero-order valence-electron chi connectivity index (χ0n) is 12.7. The van der Waals surface area contributed by atoms with Crippen molar-refractivity contribution >= 4 is 15.9 Å². The molecular weight excluding hydrogens is 357 g/mol. The average molecular weight is 379 g/mol. The Labute approximate surface area is 138 Å². The van der Waals surface area contributed by atoms with Crippen LogP contribution in [-0.2, 0) is 6.18 Å². The lowest BCUT2D eigenvalue weighted by Gasteiger charge is -2.36. The molecule has 0 spiro atoms. The van der Waals surface area contributed by atoms with Crippen molar-refractivity contribution in [2.45, 2.75) is 38.4 Å². The molecule has 1 aliphatic rings. The van der Waals surface area contributed by atoms with Crippen LogP contribution in [0.1, 0.15) is 43.4 Å². The number of nitrogens with zero attached hydrogens (tertiary/aromatic N) is 1. The monoisotopic (exact) mass is 378 g/mol. The quantitative estimate of drug-likeness (QED) is 0.804. The van der Waals surface area contributed by atoms with Crippen LogP contribution >= 0.6 is 15.9 Å². The number of alkyl halides is 3. The minimum Gasteiger partial charge on any atom is -0.314 e. The van der Waals surface area contributed by atoms with Gasteiger partial charge in [-0.15, -0.1) is 0 Å². The normalized spacial score (nSPS) is 18.4. The van der Waals surface area contributed by atoms with Gasteiger partial charge in [-0.05, 0) is 30.2 Å². The smallest absolute Gasteiger partial charge is 0.314 e. The van der Waals surface area contributed by atoms with Crippen molar-refractivity contribution in [2.24, 2.45) is 0 Å². The molecule has 1 saturated heterocycles. The summed E-state index contributed by atoms with van der Waals surface area (Å²) in [5.41, 5.74) is 0.188. The highest BCUT2D eigenvalue weighted by atomic mass is 79.9. The molecule has 1 N–H and O–H groups in total. The number of nitrogens with one attached hydrogen (secondary N) is 1. The van der Waals surface area contributed by atoms with Crippen LogP contribution in [0.25, 0.3) is 0 Å². The van der Waals surface area contributed by atoms with Crippen LogP contribution in [0.2, 0.25) is 0 Å². The van der Waals surface area contributed by atoms with Crippen LogP contribution < -0.4 is 5.32 Å². The van der Waals surface area contributed by atoms with Gasteiger partial charge in [0.2, 0.25) is 0 Å². The second-order valence-electron chi connectivity index (χ2n) is 5.68. The van der Waals surface area contributed by atoms with E-state index in [1.54, 1.807) is 0 Å². The van der Waals surface area contributed by atoms with E-state index in [4.69, 9.17) is 0 Å². The summed E-state index contributed by atoms with van der Waals surface area (Å²) in [7, 11) is 0. The highest BCUT2D eigenvalue weighted by Crippen LogP contribution is 2.37. The van der Waals surface area contributed by atoms with Gasteiger partial charge in [-0.2, -0.15) is 13.2 Å². The summed E-state index contributed by atoms with van der Waals surface area (Å²) in [5.74, 6) is 0. The summed E-state index contributed by atoms with van der Waals surface area (Å²) in [6.45, 7) is 5.63. The Bertz CT molecular complexity index is 485. The average Bonchev–Trinajstić information content (AvgIpc) is 2.49. The Kier molecular flexibility index (Phi) is 6.29. The fourth-order valence-corrected chi connectivity index (χ4v) is 3.41. The third-order valence-corrected chi connectivity index (χ3v) is 4.83. The Balaban J connectivity index is 2.32. The Morgan fingerprint density at radius 1 is 1.27 bits per heavy atom. The van der Waals surface area contributed by atoms with E-state index in [0.29, 0.717) is 0 Å². The van der Waals surface area contributed by atoms with Crippen molar-refractivity contribution in [3.8, 4) is 0 Å². The van der Waals surface area contributed by atoms with Gasteiger partial charge in [-0.1, -0.05) is 35.7 Å². The first-order valence-corrected chi connectivity index (χ1v) is 8.54. The summed E-state index contributed by atoms with van der Waals surface area (Å²) < 4.78 is 39.8. The molecule has 6 heteroatoms. The summed E-state index contributed by atoms with van der Waals surface area (Å²) in [6, 6.07) is 4.02. The number of piperazine rings is 1. The van der Waals surface area contributed by atoms with Crippen molar-refractivity contribution in [2.75, 3.05) is 26.2 Å². The first-order chi connectivity index (χ1) is 10.4. The number of hydrogen-bond acceptors (Lipinski definition) is 2. The lowest BCUT2D eigenvalue weighted by Crippen LogP contribution is -2.45. The zero-order chi connectivity index (χ0) is 16.2. The summed E-state index contributed by atoms with van der Waals surface area (Å²) >= 11 is 3.45. The van der Waals surface area contributed by atoms with Gasteiger partial charge in [0.1, 0.15) is 0 Å². The van der Waals surface area contributed by atoms with Crippen molar-refractivity contribution in [3.05, 3.63) is 33.8 Å². The van der Waals surface area contributed by atoms with E-state index in [9.17, 15) is 13.2 Å². The van der Waals surface area contributed by atoms with E-state index in [2.05, 4.69) is 33.1 Å². The maximum Gasteiger partial charge on any atom is 0.416 e. The molecule has 1 atom stereocenters. The predicted octanol–water partition coefficient (Wildman–Crippen LogP) is 4.60. The van der Waals surface area contributed by atoms with Crippen molar-refractivity contribution in [3.63, 3.8) is 0 Å². The molecule has 0 bridgehead atoms. The van der Waals surface area contributed by atoms with E-state index < -0.39 is 11.7 Å². The van der Waals surface area contributed by atoms with Crippen molar-refractivity contribution in [1.82, 2.24) is 10.2 Å². The number of benzene rings is 1. The van der Waals surface area contributed by atoms with Crippen LogP contribution in [0.5, 0.6) is 0 Å². The molecule has 1 heterocycles. The SMILES string of the molecule is CCCC[C@H](c1cc(C(F)(F)F)ccc1Br)N1CCNCC1. The van der Waals surface area contributed by atoms with E-state index in [-0.39, 0.29) is 6.04 Å². The van der Waals surface area contributed by atoms with Crippen molar-refractivity contribution < 1.29 is 13.2 Å². The Morgan fingerprint density at radius 3 is 2.55 bits per heavy atom. The van der Waals surface area contributed by atoms with Gasteiger partial charge in [0.15, 0.2) is 0 Å². The van der Waals surface area contributed by atoms with Gasteiger partial charge in [0, 0.05) is 36.7 Å². The third kappa shape index (κ3) is 4.46. The molecule has 1 fully saturated rings. The maximum atomic E-state index is 13.0. The molecule has 1 aromatic rings. The van der Waals surface area contributed by atoms with Gasteiger partial charge >= 0.3 is 6.18 Å². The molecule has 0 amide bonds. The second kappa shape index (κ2) is 7.79. The predicted molar refractivity (Wildman–Crippen MR) is 85.9 cm³/mol. The van der Waals surface area contributed by atoms with Gasteiger partial charge in [0.25, 0.3) is 0 Å². The summed E-state index contributed by atoms with van der Waals surface area (Å²) in [5, 5.41) is 3.29. The maximum absolute atomic E-state index is 13.0. The summed E-state index contributed by atoms with van der Waals surface area (Å²) in [4.78, 5) is 2.30. The van der Waals surface area contributed by atoms with Gasteiger partial charge in [-0.25, -0.2) is 0 Å². The molecule has 0 radical (unpaired) electrons. The zero-order valence-corrected chi connectivity index (χ0v) is 14.3. The lowest BCUT2D eigenvalue weighted by molar-refractivity contribution is -0.137. The summed E-state index contributed by atoms with van der Waals surface area (Å²) in [6.07, 6.45) is -1.36. The Hall–Kier alpha value is -0.590. The fourth-order valence-electron chi connectivity index (χ4n) is 2.90. The van der Waals surface area contributed by atoms with E-state index >= 15 is 0 Å². The van der Waals surface area contributed by atoms with Crippen LogP contribution in [-0.4, -0.2) is 31.1 Å². The number of rotatable bonds is 5. The highest BCUT2D eigenvalue weighted by Gasteiger charge is 2.32. The Morgan fingerprint density at radius 2 is 1.95 bits per heavy atom. The van der Waals surface area contributed by atoms with E-state index in [1.165, 1.54) is 12.1 Å². The van der Waals surface area contributed by atoms with Gasteiger partial charge < -0.3 is 5.32 Å². The van der Waals surface area contributed by atoms with E-state index in [1.807, 2.05) is 0 Å². The molecule has 2 rings (SSSR count). The van der Waals surface area contributed by atoms with Crippen LogP contribution in [0, 0.1) is 0 Å². The fraction of sp³-hybridized carbons (Fsp3) is 0.625. The third-order valence-electron chi connectivity index (χ3n) is 4.11. The molecular formula is C16H22BrF3N2. The van der Waals surface area contributed by atoms with Crippen LogP contribution in [0.4, 0.5) is 13.2 Å². The molecule has 0 aliphatic carbocycles. The molecule has 124 valence electrons. The van der Waals surface area contributed by atoms with Crippen molar-refractivity contribution in [1.29, 1.82) is 0 Å². The molecule has 1 aromatic carbocycles. The van der Waals surface area contributed by atoms with E-state index in [0.717, 1.165) is 61.5 Å². The second-order valence-corrected chi connectivity index (χ2v) is 6.53. The minimum absolute atomic E-state index is 0.0405. The lowest BCUT2D eigenvalue weighted by atomic mass is 9.97. The molecule has 2 nitrogen and oxygen atoms in total.